The molecule has 0 aromatic heterocycles. The van der Waals surface area contributed by atoms with E-state index in [1.165, 1.54) is 0 Å². The van der Waals surface area contributed by atoms with Gasteiger partial charge in [0, 0.05) is 26.6 Å². The van der Waals surface area contributed by atoms with E-state index in [1.54, 1.807) is 17.8 Å². The number of ketones is 1. The van der Waals surface area contributed by atoms with Crippen LogP contribution in [0.15, 0.2) is 51.8 Å². The molecule has 5 heteroatoms. The first kappa shape index (κ1) is 14.9. The maximum atomic E-state index is 12.4. The minimum Gasteiger partial charge on any atom is -0.481 e. The van der Waals surface area contributed by atoms with Crippen molar-refractivity contribution in [2.45, 2.75) is 17.4 Å². The number of Topliss-reactive ketones (excluding diaryl/α,β-unsaturated/α-hetero) is 1. The number of hydrogen-bond donors (Lipinski definition) is 0. The molecule has 0 spiro atoms. The lowest BCUT2D eigenvalue weighted by Gasteiger charge is -2.24. The summed E-state index contributed by atoms with van der Waals surface area (Å²) in [5.74, 6) is 1.49. The van der Waals surface area contributed by atoms with Crippen molar-refractivity contribution in [3.63, 3.8) is 0 Å². The molecule has 2 aromatic carbocycles. The Bertz CT molecular complexity index is 690. The van der Waals surface area contributed by atoms with Gasteiger partial charge in [0.15, 0.2) is 11.9 Å². The first-order chi connectivity index (χ1) is 10.1. The second kappa shape index (κ2) is 6.42. The van der Waals surface area contributed by atoms with Crippen LogP contribution in [-0.2, 0) is 11.2 Å². The third kappa shape index (κ3) is 3.44. The van der Waals surface area contributed by atoms with E-state index in [2.05, 4.69) is 15.9 Å². The number of halogens is 2. The summed E-state index contributed by atoms with van der Waals surface area (Å²) >= 11 is 11.2. The quantitative estimate of drug-likeness (QED) is 0.764. The molecule has 0 bridgehead atoms. The molecule has 0 N–H and O–H groups in total. The Morgan fingerprint density at radius 2 is 2.14 bits per heavy atom. The van der Waals surface area contributed by atoms with Crippen LogP contribution in [0.1, 0.15) is 5.56 Å². The van der Waals surface area contributed by atoms with Gasteiger partial charge >= 0.3 is 0 Å². The molecule has 21 heavy (non-hydrogen) atoms. The lowest BCUT2D eigenvalue weighted by molar-refractivity contribution is -0.124. The van der Waals surface area contributed by atoms with Gasteiger partial charge in [-0.2, -0.15) is 0 Å². The van der Waals surface area contributed by atoms with Gasteiger partial charge in [-0.3, -0.25) is 4.79 Å². The molecule has 3 rings (SSSR count). The summed E-state index contributed by atoms with van der Waals surface area (Å²) in [6.07, 6.45) is -0.121. The van der Waals surface area contributed by atoms with Crippen LogP contribution in [0.4, 0.5) is 0 Å². The molecule has 2 aromatic rings. The van der Waals surface area contributed by atoms with Gasteiger partial charge in [-0.05, 0) is 29.8 Å². The monoisotopic (exact) mass is 382 g/mol. The van der Waals surface area contributed by atoms with Crippen LogP contribution >= 0.6 is 39.3 Å². The highest BCUT2D eigenvalue weighted by atomic mass is 79.9. The van der Waals surface area contributed by atoms with Crippen LogP contribution < -0.4 is 4.74 Å². The average molecular weight is 384 g/mol. The highest BCUT2D eigenvalue weighted by molar-refractivity contribution is 9.10. The van der Waals surface area contributed by atoms with Crippen molar-refractivity contribution in [3.8, 4) is 5.75 Å². The maximum absolute atomic E-state index is 12.4. The number of fused-ring (bicyclic) bond motifs is 1. The molecule has 0 saturated heterocycles. The van der Waals surface area contributed by atoms with E-state index in [-0.39, 0.29) is 5.78 Å². The summed E-state index contributed by atoms with van der Waals surface area (Å²) in [6, 6.07) is 13.3. The predicted octanol–water partition coefficient (Wildman–Crippen LogP) is 4.77. The number of carbonyl (C=O) groups excluding carboxylic acids is 1. The van der Waals surface area contributed by atoms with Crippen LogP contribution in [0, 0.1) is 0 Å². The molecule has 0 fully saturated rings. The summed E-state index contributed by atoms with van der Waals surface area (Å²) in [5.41, 5.74) is 0.831. The molecule has 1 heterocycles. The summed E-state index contributed by atoms with van der Waals surface area (Å²) in [4.78, 5) is 13.5. The number of hydrogen-bond acceptors (Lipinski definition) is 3. The standard InChI is InChI=1S/C16H12BrClO2S/c17-11-6-5-10(12(18)8-11)7-13(19)15-9-21-16-4-2-1-3-14(16)20-15/h1-6,8,15H,7,9H2. The van der Waals surface area contributed by atoms with Crippen LogP contribution in [0.2, 0.25) is 5.02 Å². The zero-order valence-electron chi connectivity index (χ0n) is 11.0. The number of ether oxygens (including phenoxy) is 1. The molecular weight excluding hydrogens is 372 g/mol. The van der Waals surface area contributed by atoms with Crippen molar-refractivity contribution in [1.29, 1.82) is 0 Å². The van der Waals surface area contributed by atoms with Crippen molar-refractivity contribution in [3.05, 3.63) is 57.5 Å². The molecule has 1 aliphatic rings. The molecule has 1 unspecified atom stereocenters. The first-order valence-electron chi connectivity index (χ1n) is 6.48. The van der Waals surface area contributed by atoms with Crippen molar-refractivity contribution in [2.75, 3.05) is 5.75 Å². The van der Waals surface area contributed by atoms with E-state index in [0.29, 0.717) is 17.2 Å². The molecule has 0 aliphatic carbocycles. The zero-order valence-corrected chi connectivity index (χ0v) is 14.2. The van der Waals surface area contributed by atoms with Crippen LogP contribution in [0.25, 0.3) is 0 Å². The topological polar surface area (TPSA) is 26.3 Å². The average Bonchev–Trinajstić information content (AvgIpc) is 2.49. The Morgan fingerprint density at radius 1 is 1.33 bits per heavy atom. The SMILES string of the molecule is O=C(Cc1ccc(Br)cc1Cl)C1CSc2ccccc2O1. The van der Waals surface area contributed by atoms with Crippen LogP contribution in [0.5, 0.6) is 5.75 Å². The molecular formula is C16H12BrClO2S. The Labute approximate surface area is 141 Å². The number of thioether (sulfide) groups is 1. The summed E-state index contributed by atoms with van der Waals surface area (Å²) in [6.45, 7) is 0. The highest BCUT2D eigenvalue weighted by Crippen LogP contribution is 2.35. The Morgan fingerprint density at radius 3 is 2.95 bits per heavy atom. The minimum atomic E-state index is -0.412. The normalized spacial score (nSPS) is 17.0. The van der Waals surface area contributed by atoms with Gasteiger partial charge in [-0.25, -0.2) is 0 Å². The lowest BCUT2D eigenvalue weighted by atomic mass is 10.1. The van der Waals surface area contributed by atoms with E-state index in [0.717, 1.165) is 20.7 Å². The number of carbonyl (C=O) groups is 1. The predicted molar refractivity (Wildman–Crippen MR) is 89.4 cm³/mol. The molecule has 0 saturated carbocycles. The van der Waals surface area contributed by atoms with Gasteiger partial charge in [0.25, 0.3) is 0 Å². The summed E-state index contributed by atoms with van der Waals surface area (Å²) in [7, 11) is 0. The Kier molecular flexibility index (Phi) is 4.57. The van der Waals surface area contributed by atoms with Crippen molar-refractivity contribution >= 4 is 45.1 Å². The van der Waals surface area contributed by atoms with E-state index < -0.39 is 6.10 Å². The fraction of sp³-hybridized carbons (Fsp3) is 0.188. The van der Waals surface area contributed by atoms with E-state index in [1.807, 2.05) is 36.4 Å². The van der Waals surface area contributed by atoms with E-state index in [4.69, 9.17) is 16.3 Å². The summed E-state index contributed by atoms with van der Waals surface area (Å²) in [5, 5.41) is 0.599. The number of rotatable bonds is 3. The Balaban J connectivity index is 1.72. The largest absolute Gasteiger partial charge is 0.481 e. The van der Waals surface area contributed by atoms with E-state index >= 15 is 0 Å². The maximum Gasteiger partial charge on any atom is 0.178 e. The van der Waals surface area contributed by atoms with Gasteiger partial charge < -0.3 is 4.74 Å². The van der Waals surface area contributed by atoms with Gasteiger partial charge in [0.05, 0.1) is 0 Å². The molecule has 0 radical (unpaired) electrons. The fourth-order valence-electron chi connectivity index (χ4n) is 2.14. The number of para-hydroxylation sites is 1. The van der Waals surface area contributed by atoms with Gasteiger partial charge in [-0.15, -0.1) is 11.8 Å². The van der Waals surface area contributed by atoms with Gasteiger partial charge in [0.1, 0.15) is 5.75 Å². The highest BCUT2D eigenvalue weighted by Gasteiger charge is 2.26. The van der Waals surface area contributed by atoms with E-state index in [9.17, 15) is 4.79 Å². The van der Waals surface area contributed by atoms with Crippen LogP contribution in [0.3, 0.4) is 0 Å². The third-order valence-corrected chi connectivity index (χ3v) is 5.21. The van der Waals surface area contributed by atoms with Crippen molar-refractivity contribution in [2.24, 2.45) is 0 Å². The minimum absolute atomic E-state index is 0.0567. The third-order valence-electron chi connectivity index (χ3n) is 3.25. The molecule has 0 amide bonds. The van der Waals surface area contributed by atoms with Gasteiger partial charge in [-0.1, -0.05) is 45.7 Å². The smallest absolute Gasteiger partial charge is 0.178 e. The lowest BCUT2D eigenvalue weighted by Crippen LogP contribution is -2.33. The molecule has 1 atom stereocenters. The zero-order chi connectivity index (χ0) is 14.8. The second-order valence-electron chi connectivity index (χ2n) is 4.74. The first-order valence-corrected chi connectivity index (χ1v) is 8.64. The van der Waals surface area contributed by atoms with Crippen molar-refractivity contribution < 1.29 is 9.53 Å². The molecule has 2 nitrogen and oxygen atoms in total. The molecule has 1 aliphatic heterocycles. The number of benzene rings is 2. The second-order valence-corrected chi connectivity index (χ2v) is 7.13. The summed E-state index contributed by atoms with van der Waals surface area (Å²) < 4.78 is 6.71. The van der Waals surface area contributed by atoms with Gasteiger partial charge in [0.2, 0.25) is 0 Å². The molecule has 108 valence electrons. The van der Waals surface area contributed by atoms with Crippen molar-refractivity contribution in [1.82, 2.24) is 0 Å². The Hall–Kier alpha value is -0.970. The fourth-order valence-corrected chi connectivity index (χ4v) is 3.90. The van der Waals surface area contributed by atoms with Crippen LogP contribution in [-0.4, -0.2) is 17.6 Å².